The Morgan fingerprint density at radius 1 is 1.03 bits per heavy atom. The molecule has 5 rings (SSSR count). The molecule has 154 valence electrons. The van der Waals surface area contributed by atoms with Gasteiger partial charge in [-0.2, -0.15) is 8.42 Å². The molecule has 0 saturated carbocycles. The molecule has 3 aromatic rings. The first-order chi connectivity index (χ1) is 14.4. The zero-order chi connectivity index (χ0) is 20.9. The molecular weight excluding hydrogens is 401 g/mol. The van der Waals surface area contributed by atoms with Gasteiger partial charge in [0.25, 0.3) is 0 Å². The lowest BCUT2D eigenvalue weighted by molar-refractivity contribution is 0.159. The van der Waals surface area contributed by atoms with Crippen molar-refractivity contribution in [1.82, 2.24) is 4.90 Å². The largest absolute Gasteiger partial charge is 0.379 e. The summed E-state index contributed by atoms with van der Waals surface area (Å²) >= 11 is 0. The van der Waals surface area contributed by atoms with Crippen molar-refractivity contribution in [2.24, 2.45) is 0 Å². The van der Waals surface area contributed by atoms with Gasteiger partial charge in [0.05, 0.1) is 0 Å². The van der Waals surface area contributed by atoms with Crippen molar-refractivity contribution in [3.63, 3.8) is 0 Å². The van der Waals surface area contributed by atoms with E-state index in [1.54, 1.807) is 36.4 Å². The summed E-state index contributed by atoms with van der Waals surface area (Å²) in [7, 11) is -3.88. The van der Waals surface area contributed by atoms with Crippen LogP contribution in [0.3, 0.4) is 0 Å². The van der Waals surface area contributed by atoms with E-state index >= 15 is 0 Å². The maximum Gasteiger partial charge on any atom is 0.339 e. The summed E-state index contributed by atoms with van der Waals surface area (Å²) in [4.78, 5) is 2.48. The van der Waals surface area contributed by atoms with Crippen LogP contribution in [0.2, 0.25) is 0 Å². The van der Waals surface area contributed by atoms with Gasteiger partial charge in [0.2, 0.25) is 0 Å². The van der Waals surface area contributed by atoms with Crippen molar-refractivity contribution >= 4 is 10.1 Å². The summed E-state index contributed by atoms with van der Waals surface area (Å²) in [5.74, 6) is 0.194. The number of aryl methyl sites for hydroxylation is 1. The quantitative estimate of drug-likeness (QED) is 0.580. The lowest BCUT2D eigenvalue weighted by Crippen LogP contribution is -2.39. The van der Waals surface area contributed by atoms with E-state index in [1.807, 2.05) is 25.1 Å². The molecule has 0 radical (unpaired) electrons. The molecule has 6 heteroatoms. The summed E-state index contributed by atoms with van der Waals surface area (Å²) < 4.78 is 44.8. The van der Waals surface area contributed by atoms with Gasteiger partial charge in [0, 0.05) is 19.1 Å². The van der Waals surface area contributed by atoms with Crippen LogP contribution in [0.5, 0.6) is 5.75 Å². The molecule has 0 fully saturated rings. The van der Waals surface area contributed by atoms with Gasteiger partial charge >= 0.3 is 10.1 Å². The minimum atomic E-state index is -3.88. The van der Waals surface area contributed by atoms with Crippen LogP contribution in [0.25, 0.3) is 0 Å². The zero-order valence-electron chi connectivity index (χ0n) is 16.6. The predicted octanol–water partition coefficient (Wildman–Crippen LogP) is 4.56. The predicted molar refractivity (Wildman–Crippen MR) is 112 cm³/mol. The van der Waals surface area contributed by atoms with E-state index in [2.05, 4.69) is 4.90 Å². The maximum atomic E-state index is 14.2. The lowest BCUT2D eigenvalue weighted by Gasteiger charge is -2.41. The van der Waals surface area contributed by atoms with Crippen molar-refractivity contribution in [2.75, 3.05) is 6.54 Å². The van der Waals surface area contributed by atoms with Gasteiger partial charge in [0.1, 0.15) is 16.5 Å². The highest BCUT2D eigenvalue weighted by Crippen LogP contribution is 2.39. The second-order valence-corrected chi connectivity index (χ2v) is 9.58. The van der Waals surface area contributed by atoms with E-state index < -0.39 is 10.1 Å². The fraction of sp³-hybridized carbons (Fsp3) is 0.250. The van der Waals surface area contributed by atoms with Gasteiger partial charge in [-0.15, -0.1) is 0 Å². The number of benzene rings is 3. The molecule has 2 aliphatic heterocycles. The monoisotopic (exact) mass is 423 g/mol. The van der Waals surface area contributed by atoms with Crippen molar-refractivity contribution in [1.29, 1.82) is 0 Å². The third-order valence-corrected chi connectivity index (χ3v) is 7.35. The van der Waals surface area contributed by atoms with Crippen LogP contribution in [0, 0.1) is 12.7 Å². The highest BCUT2D eigenvalue weighted by molar-refractivity contribution is 7.87. The molecular formula is C24H22FNO3S. The van der Waals surface area contributed by atoms with Crippen molar-refractivity contribution < 1.29 is 17.0 Å². The SMILES string of the molecule is Cc1ccc(S(=O)(=O)Oc2ccc3c(c2)CN2CCc4c(F)cccc4C2C3)cc1. The van der Waals surface area contributed by atoms with E-state index in [9.17, 15) is 12.8 Å². The Labute approximate surface area is 176 Å². The minimum Gasteiger partial charge on any atom is -0.379 e. The van der Waals surface area contributed by atoms with Gasteiger partial charge in [-0.05, 0) is 72.4 Å². The molecule has 4 nitrogen and oxygen atoms in total. The number of rotatable bonds is 3. The molecule has 0 aromatic heterocycles. The highest BCUT2D eigenvalue weighted by atomic mass is 32.2. The first kappa shape index (κ1) is 19.3. The molecule has 0 bridgehead atoms. The van der Waals surface area contributed by atoms with Crippen molar-refractivity contribution in [3.8, 4) is 5.75 Å². The standard InChI is InChI=1S/C24H22FNO3S/c1-16-5-9-20(10-6-16)30(27,28)29-19-8-7-17-14-24-22-3-2-4-23(25)21(22)11-12-26(24)15-18(17)13-19/h2-10,13,24H,11-12,14-15H2,1H3. The number of fused-ring (bicyclic) bond motifs is 4. The van der Waals surface area contributed by atoms with E-state index in [4.69, 9.17) is 4.18 Å². The summed E-state index contributed by atoms with van der Waals surface area (Å²) in [6, 6.07) is 17.5. The Hall–Kier alpha value is -2.70. The molecule has 30 heavy (non-hydrogen) atoms. The molecule has 2 aliphatic rings. The second-order valence-electron chi connectivity index (χ2n) is 8.03. The Morgan fingerprint density at radius 3 is 2.63 bits per heavy atom. The summed E-state index contributed by atoms with van der Waals surface area (Å²) in [5.41, 5.74) is 5.08. The highest BCUT2D eigenvalue weighted by Gasteiger charge is 2.33. The van der Waals surface area contributed by atoms with Crippen LogP contribution in [-0.4, -0.2) is 19.9 Å². The molecule has 1 atom stereocenters. The molecule has 2 heterocycles. The Bertz CT molecular complexity index is 1220. The summed E-state index contributed by atoms with van der Waals surface area (Å²) in [6.45, 7) is 3.38. The smallest absolute Gasteiger partial charge is 0.339 e. The number of halogens is 1. The Morgan fingerprint density at radius 2 is 1.83 bits per heavy atom. The zero-order valence-corrected chi connectivity index (χ0v) is 17.5. The summed E-state index contributed by atoms with van der Waals surface area (Å²) in [5, 5.41) is 0. The second kappa shape index (κ2) is 7.22. The average molecular weight is 424 g/mol. The van der Waals surface area contributed by atoms with Gasteiger partial charge < -0.3 is 4.18 Å². The van der Waals surface area contributed by atoms with Crippen molar-refractivity contribution in [3.05, 3.63) is 94.3 Å². The van der Waals surface area contributed by atoms with Gasteiger partial charge in [0.15, 0.2) is 0 Å². The summed E-state index contributed by atoms with van der Waals surface area (Å²) in [6.07, 6.45) is 1.46. The molecule has 0 aliphatic carbocycles. The van der Waals surface area contributed by atoms with E-state index in [0.29, 0.717) is 18.7 Å². The first-order valence-corrected chi connectivity index (χ1v) is 11.5. The van der Waals surface area contributed by atoms with E-state index in [-0.39, 0.29) is 16.8 Å². The number of hydrogen-bond acceptors (Lipinski definition) is 4. The lowest BCUT2D eigenvalue weighted by atomic mass is 9.84. The van der Waals surface area contributed by atoms with Crippen LogP contribution < -0.4 is 4.18 Å². The van der Waals surface area contributed by atoms with Crippen molar-refractivity contribution in [2.45, 2.75) is 37.2 Å². The number of nitrogens with zero attached hydrogens (tertiary/aromatic N) is 1. The van der Waals surface area contributed by atoms with Gasteiger partial charge in [-0.25, -0.2) is 4.39 Å². The topological polar surface area (TPSA) is 46.6 Å². The van der Waals surface area contributed by atoms with Crippen LogP contribution in [0.1, 0.15) is 33.9 Å². The molecule has 0 saturated heterocycles. The van der Waals surface area contributed by atoms with E-state index in [0.717, 1.165) is 40.8 Å². The van der Waals surface area contributed by atoms with Crippen LogP contribution in [0.4, 0.5) is 4.39 Å². The molecule has 3 aromatic carbocycles. The number of hydrogen-bond donors (Lipinski definition) is 0. The minimum absolute atomic E-state index is 0.122. The molecule has 0 spiro atoms. The first-order valence-electron chi connectivity index (χ1n) is 10.0. The molecule has 1 unspecified atom stereocenters. The maximum absolute atomic E-state index is 14.2. The van der Waals surface area contributed by atoms with Gasteiger partial charge in [-0.3, -0.25) is 4.90 Å². The van der Waals surface area contributed by atoms with E-state index in [1.165, 1.54) is 6.07 Å². The fourth-order valence-electron chi connectivity index (χ4n) is 4.49. The van der Waals surface area contributed by atoms with Crippen LogP contribution in [-0.2, 0) is 29.5 Å². The van der Waals surface area contributed by atoms with Gasteiger partial charge in [-0.1, -0.05) is 35.9 Å². The molecule has 0 amide bonds. The Kier molecular flexibility index (Phi) is 4.64. The van der Waals surface area contributed by atoms with Crippen LogP contribution >= 0.6 is 0 Å². The fourth-order valence-corrected chi connectivity index (χ4v) is 5.42. The normalized spacial score (nSPS) is 18.3. The molecule has 0 N–H and O–H groups in total. The third-order valence-electron chi connectivity index (χ3n) is 6.08. The average Bonchev–Trinajstić information content (AvgIpc) is 2.72. The third kappa shape index (κ3) is 3.40. The Balaban J connectivity index is 1.42. The van der Waals surface area contributed by atoms with Crippen LogP contribution in [0.15, 0.2) is 65.6 Å².